The highest BCUT2D eigenvalue weighted by Crippen LogP contribution is 2.15. The zero-order valence-electron chi connectivity index (χ0n) is 15.9. The number of rotatable bonds is 4. The molecular formula is C19H26IN3O4. The van der Waals surface area contributed by atoms with Gasteiger partial charge < -0.3 is 20.3 Å². The molecule has 27 heavy (non-hydrogen) atoms. The quantitative estimate of drug-likeness (QED) is 0.640. The number of alkyl carbamates (subject to hydrolysis) is 1. The number of carbonyl (C=O) groups excluding carboxylic acids is 3. The maximum absolute atomic E-state index is 12.4. The van der Waals surface area contributed by atoms with Crippen LogP contribution in [0.3, 0.4) is 0 Å². The molecule has 0 radical (unpaired) electrons. The third-order valence-electron chi connectivity index (χ3n) is 4.08. The number of nitrogens with zero attached hydrogens (tertiary/aromatic N) is 1. The standard InChI is InChI=1S/C19H26IN3O4/c1-19(2,3)27-18(26)21-12-16(24)23-10-8-13(9-11-23)22-17(25)14-6-4-5-7-15(14)20/h4-7,13H,8-12H2,1-3H3,(H,21,26)(H,22,25). The second kappa shape index (κ2) is 9.38. The van der Waals surface area contributed by atoms with Gasteiger partial charge in [-0.25, -0.2) is 4.79 Å². The van der Waals surface area contributed by atoms with E-state index < -0.39 is 11.7 Å². The molecule has 0 atom stereocenters. The van der Waals surface area contributed by atoms with Crippen molar-refractivity contribution < 1.29 is 19.1 Å². The first-order valence-electron chi connectivity index (χ1n) is 8.96. The minimum atomic E-state index is -0.601. The molecule has 1 saturated heterocycles. The van der Waals surface area contributed by atoms with Crippen LogP contribution in [0.4, 0.5) is 4.79 Å². The lowest BCUT2D eigenvalue weighted by Crippen LogP contribution is -2.49. The molecule has 0 bridgehead atoms. The summed E-state index contributed by atoms with van der Waals surface area (Å²) in [6.45, 7) is 6.31. The SMILES string of the molecule is CC(C)(C)OC(=O)NCC(=O)N1CCC(NC(=O)c2ccccc2I)CC1. The summed E-state index contributed by atoms with van der Waals surface area (Å²) in [5.74, 6) is -0.236. The van der Waals surface area contributed by atoms with Gasteiger partial charge in [-0.3, -0.25) is 9.59 Å². The Bertz CT molecular complexity index is 694. The molecule has 0 spiro atoms. The Labute approximate surface area is 173 Å². The molecule has 1 aromatic rings. The van der Waals surface area contributed by atoms with Gasteiger partial charge in [0.1, 0.15) is 12.1 Å². The average Bonchev–Trinajstić information content (AvgIpc) is 2.59. The molecule has 0 aromatic heterocycles. The van der Waals surface area contributed by atoms with Gasteiger partial charge in [0, 0.05) is 22.7 Å². The van der Waals surface area contributed by atoms with Crippen molar-refractivity contribution >= 4 is 40.5 Å². The highest BCUT2D eigenvalue weighted by atomic mass is 127. The Morgan fingerprint density at radius 1 is 1.19 bits per heavy atom. The summed E-state index contributed by atoms with van der Waals surface area (Å²) in [6.07, 6.45) is 0.774. The fourth-order valence-electron chi connectivity index (χ4n) is 2.76. The van der Waals surface area contributed by atoms with Gasteiger partial charge in [-0.05, 0) is 68.3 Å². The van der Waals surface area contributed by atoms with Crippen LogP contribution in [0.15, 0.2) is 24.3 Å². The zero-order chi connectivity index (χ0) is 20.0. The van der Waals surface area contributed by atoms with Gasteiger partial charge in [0.2, 0.25) is 5.91 Å². The Hall–Kier alpha value is -1.84. The number of carbonyl (C=O) groups is 3. The Balaban J connectivity index is 1.75. The highest BCUT2D eigenvalue weighted by Gasteiger charge is 2.25. The molecule has 1 aromatic carbocycles. The van der Waals surface area contributed by atoms with E-state index in [0.29, 0.717) is 31.5 Å². The van der Waals surface area contributed by atoms with E-state index in [0.717, 1.165) is 3.57 Å². The molecule has 0 aliphatic carbocycles. The Kier molecular flexibility index (Phi) is 7.46. The normalized spacial score (nSPS) is 15.2. The van der Waals surface area contributed by atoms with Crippen molar-refractivity contribution in [1.82, 2.24) is 15.5 Å². The predicted octanol–water partition coefficient (Wildman–Crippen LogP) is 2.54. The average molecular weight is 487 g/mol. The van der Waals surface area contributed by atoms with E-state index >= 15 is 0 Å². The molecule has 3 amide bonds. The van der Waals surface area contributed by atoms with Crippen molar-refractivity contribution in [3.05, 3.63) is 33.4 Å². The third kappa shape index (κ3) is 7.00. The van der Waals surface area contributed by atoms with Crippen LogP contribution in [0.5, 0.6) is 0 Å². The van der Waals surface area contributed by atoms with Crippen molar-refractivity contribution in [3.8, 4) is 0 Å². The van der Waals surface area contributed by atoms with Crippen LogP contribution in [0.25, 0.3) is 0 Å². The number of piperidine rings is 1. The molecule has 1 aliphatic heterocycles. The summed E-state index contributed by atoms with van der Waals surface area (Å²) in [7, 11) is 0. The zero-order valence-corrected chi connectivity index (χ0v) is 18.0. The molecule has 2 rings (SSSR count). The van der Waals surface area contributed by atoms with E-state index in [1.54, 1.807) is 31.7 Å². The van der Waals surface area contributed by atoms with Gasteiger partial charge in [-0.1, -0.05) is 12.1 Å². The number of benzene rings is 1. The predicted molar refractivity (Wildman–Crippen MR) is 110 cm³/mol. The first kappa shape index (κ1) is 21.5. The lowest BCUT2D eigenvalue weighted by Gasteiger charge is -2.32. The molecule has 2 N–H and O–H groups in total. The number of nitrogens with one attached hydrogen (secondary N) is 2. The second-order valence-electron chi connectivity index (χ2n) is 7.46. The molecule has 1 aliphatic rings. The van der Waals surface area contributed by atoms with Gasteiger partial charge in [0.25, 0.3) is 5.91 Å². The number of amides is 3. The molecule has 7 nitrogen and oxygen atoms in total. The lowest BCUT2D eigenvalue weighted by molar-refractivity contribution is -0.131. The Morgan fingerprint density at radius 3 is 2.41 bits per heavy atom. The molecule has 0 unspecified atom stereocenters. The monoisotopic (exact) mass is 487 g/mol. The molecule has 8 heteroatoms. The summed E-state index contributed by atoms with van der Waals surface area (Å²) in [4.78, 5) is 37.9. The third-order valence-corrected chi connectivity index (χ3v) is 5.02. The molecule has 0 saturated carbocycles. The van der Waals surface area contributed by atoms with E-state index in [9.17, 15) is 14.4 Å². The second-order valence-corrected chi connectivity index (χ2v) is 8.63. The summed E-state index contributed by atoms with van der Waals surface area (Å²) in [5.41, 5.74) is 0.0680. The van der Waals surface area contributed by atoms with Crippen LogP contribution < -0.4 is 10.6 Å². The van der Waals surface area contributed by atoms with Crippen LogP contribution in [-0.4, -0.2) is 54.1 Å². The summed E-state index contributed by atoms with van der Waals surface area (Å²) < 4.78 is 6.03. The maximum atomic E-state index is 12.4. The van der Waals surface area contributed by atoms with Gasteiger partial charge in [-0.15, -0.1) is 0 Å². The molecular weight excluding hydrogens is 461 g/mol. The van der Waals surface area contributed by atoms with E-state index in [-0.39, 0.29) is 24.4 Å². The van der Waals surface area contributed by atoms with Crippen LogP contribution in [-0.2, 0) is 9.53 Å². The number of likely N-dealkylation sites (tertiary alicyclic amines) is 1. The number of hydrogen-bond donors (Lipinski definition) is 2. The van der Waals surface area contributed by atoms with E-state index in [4.69, 9.17) is 4.74 Å². The van der Waals surface area contributed by atoms with Crippen molar-refractivity contribution in [2.24, 2.45) is 0 Å². The van der Waals surface area contributed by atoms with Crippen molar-refractivity contribution in [2.45, 2.75) is 45.3 Å². The minimum Gasteiger partial charge on any atom is -0.444 e. The van der Waals surface area contributed by atoms with Crippen LogP contribution >= 0.6 is 22.6 Å². The minimum absolute atomic E-state index is 0.0383. The van der Waals surface area contributed by atoms with Crippen molar-refractivity contribution in [3.63, 3.8) is 0 Å². The van der Waals surface area contributed by atoms with Crippen LogP contribution in [0.2, 0.25) is 0 Å². The number of ether oxygens (including phenoxy) is 1. The number of halogens is 1. The van der Waals surface area contributed by atoms with Crippen molar-refractivity contribution in [1.29, 1.82) is 0 Å². The summed E-state index contributed by atoms with van der Waals surface area (Å²) in [6, 6.07) is 7.48. The van der Waals surface area contributed by atoms with Gasteiger partial charge in [-0.2, -0.15) is 0 Å². The highest BCUT2D eigenvalue weighted by molar-refractivity contribution is 14.1. The smallest absolute Gasteiger partial charge is 0.408 e. The molecule has 1 heterocycles. The molecule has 1 fully saturated rings. The maximum Gasteiger partial charge on any atom is 0.408 e. The topological polar surface area (TPSA) is 87.7 Å². The fourth-order valence-corrected chi connectivity index (χ4v) is 3.39. The summed E-state index contributed by atoms with van der Waals surface area (Å²) >= 11 is 2.15. The van der Waals surface area contributed by atoms with Gasteiger partial charge in [0.15, 0.2) is 0 Å². The van der Waals surface area contributed by atoms with Crippen molar-refractivity contribution in [2.75, 3.05) is 19.6 Å². The first-order valence-corrected chi connectivity index (χ1v) is 10.0. The van der Waals surface area contributed by atoms with Gasteiger partial charge >= 0.3 is 6.09 Å². The lowest BCUT2D eigenvalue weighted by atomic mass is 10.0. The van der Waals surface area contributed by atoms with Crippen LogP contribution in [0, 0.1) is 3.57 Å². The Morgan fingerprint density at radius 2 is 1.81 bits per heavy atom. The van der Waals surface area contributed by atoms with E-state index in [2.05, 4.69) is 33.2 Å². The van der Waals surface area contributed by atoms with Gasteiger partial charge in [0.05, 0.1) is 5.56 Å². The molecule has 148 valence electrons. The first-order chi connectivity index (χ1) is 12.7. The van der Waals surface area contributed by atoms with Crippen LogP contribution in [0.1, 0.15) is 44.0 Å². The summed E-state index contributed by atoms with van der Waals surface area (Å²) in [5, 5.41) is 5.52. The fraction of sp³-hybridized carbons (Fsp3) is 0.526. The van der Waals surface area contributed by atoms with E-state index in [1.165, 1.54) is 0 Å². The van der Waals surface area contributed by atoms with E-state index in [1.807, 2.05) is 18.2 Å². The number of hydrogen-bond acceptors (Lipinski definition) is 4. The largest absolute Gasteiger partial charge is 0.444 e.